The molecule has 1 aromatic rings. The molecule has 0 heterocycles. The number of amides is 2. The Hall–Kier alpha value is -2.24. The quantitative estimate of drug-likeness (QED) is 0.747. The molecule has 0 aliphatic carbocycles. The molecule has 6 nitrogen and oxygen atoms in total. The topological polar surface area (TPSA) is 87.7 Å². The van der Waals surface area contributed by atoms with E-state index in [1.54, 1.807) is 24.3 Å². The maximum absolute atomic E-state index is 11.6. The Morgan fingerprint density at radius 3 is 2.65 bits per heavy atom. The van der Waals surface area contributed by atoms with Crippen LogP contribution in [0, 0.1) is 0 Å². The van der Waals surface area contributed by atoms with E-state index < -0.39 is 18.0 Å². The van der Waals surface area contributed by atoms with Gasteiger partial charge in [-0.25, -0.2) is 4.79 Å². The molecule has 0 fully saturated rings. The largest absolute Gasteiger partial charge is 0.491 e. The Morgan fingerprint density at radius 2 is 2.05 bits per heavy atom. The van der Waals surface area contributed by atoms with E-state index in [1.807, 2.05) is 13.8 Å². The summed E-state index contributed by atoms with van der Waals surface area (Å²) in [4.78, 5) is 22.2. The van der Waals surface area contributed by atoms with Crippen molar-refractivity contribution >= 4 is 17.7 Å². The number of hydrogen-bond acceptors (Lipinski definition) is 3. The molecule has 1 unspecified atom stereocenters. The molecule has 0 aromatic heterocycles. The van der Waals surface area contributed by atoms with Crippen molar-refractivity contribution in [1.82, 2.24) is 5.32 Å². The molecule has 0 spiro atoms. The maximum Gasteiger partial charge on any atom is 0.325 e. The fourth-order valence-electron chi connectivity index (χ4n) is 1.39. The second-order valence-corrected chi connectivity index (χ2v) is 4.52. The van der Waals surface area contributed by atoms with Crippen LogP contribution in [0.4, 0.5) is 10.5 Å². The van der Waals surface area contributed by atoms with Crippen molar-refractivity contribution in [3.05, 3.63) is 24.3 Å². The Balaban J connectivity index is 2.61. The summed E-state index contributed by atoms with van der Waals surface area (Å²) in [5.74, 6) is -0.433. The molecule has 3 N–H and O–H groups in total. The molecule has 20 heavy (non-hydrogen) atoms. The van der Waals surface area contributed by atoms with Gasteiger partial charge in [0.25, 0.3) is 0 Å². The van der Waals surface area contributed by atoms with Crippen LogP contribution in [-0.2, 0) is 4.79 Å². The highest BCUT2D eigenvalue weighted by Gasteiger charge is 2.13. The summed E-state index contributed by atoms with van der Waals surface area (Å²) in [6.07, 6.45) is 0.972. The van der Waals surface area contributed by atoms with Crippen molar-refractivity contribution in [3.8, 4) is 5.75 Å². The van der Waals surface area contributed by atoms with Crippen molar-refractivity contribution in [2.45, 2.75) is 39.3 Å². The lowest BCUT2D eigenvalue weighted by Crippen LogP contribution is -2.40. The molecule has 0 saturated heterocycles. The third kappa shape index (κ3) is 5.17. The molecule has 1 aromatic carbocycles. The number of carboxylic acid groups (broad SMARTS) is 1. The first kappa shape index (κ1) is 15.8. The van der Waals surface area contributed by atoms with Crippen molar-refractivity contribution in [2.75, 3.05) is 5.32 Å². The summed E-state index contributed by atoms with van der Waals surface area (Å²) in [5, 5.41) is 13.6. The van der Waals surface area contributed by atoms with Gasteiger partial charge in [0.15, 0.2) is 0 Å². The molecule has 0 aliphatic heterocycles. The van der Waals surface area contributed by atoms with E-state index in [2.05, 4.69) is 10.6 Å². The summed E-state index contributed by atoms with van der Waals surface area (Å²) in [6, 6.07) is 5.43. The van der Waals surface area contributed by atoms with Gasteiger partial charge in [0.1, 0.15) is 11.8 Å². The predicted molar refractivity (Wildman–Crippen MR) is 76.1 cm³/mol. The smallest absolute Gasteiger partial charge is 0.325 e. The number of ether oxygens (including phenoxy) is 1. The average Bonchev–Trinajstić information content (AvgIpc) is 2.38. The third-order valence-electron chi connectivity index (χ3n) is 2.72. The van der Waals surface area contributed by atoms with E-state index in [0.29, 0.717) is 11.4 Å². The third-order valence-corrected chi connectivity index (χ3v) is 2.72. The van der Waals surface area contributed by atoms with Crippen LogP contribution in [0.1, 0.15) is 27.2 Å². The van der Waals surface area contributed by atoms with E-state index in [1.165, 1.54) is 6.92 Å². The van der Waals surface area contributed by atoms with Crippen LogP contribution in [0.2, 0.25) is 0 Å². The molecule has 0 radical (unpaired) electrons. The van der Waals surface area contributed by atoms with Gasteiger partial charge < -0.3 is 20.5 Å². The summed E-state index contributed by atoms with van der Waals surface area (Å²) in [6.45, 7) is 5.37. The summed E-state index contributed by atoms with van der Waals surface area (Å²) in [5.41, 5.74) is 0.542. The highest BCUT2D eigenvalue weighted by Crippen LogP contribution is 2.19. The summed E-state index contributed by atoms with van der Waals surface area (Å²) in [7, 11) is 0. The lowest BCUT2D eigenvalue weighted by atomic mass is 10.2. The highest BCUT2D eigenvalue weighted by molar-refractivity contribution is 5.92. The van der Waals surface area contributed by atoms with Gasteiger partial charge in [-0.2, -0.15) is 0 Å². The molecule has 1 rings (SSSR count). The van der Waals surface area contributed by atoms with Gasteiger partial charge in [-0.3, -0.25) is 4.79 Å². The molecule has 2 atom stereocenters. The van der Waals surface area contributed by atoms with Crippen LogP contribution in [-0.4, -0.2) is 29.3 Å². The first-order chi connectivity index (χ1) is 9.42. The number of rotatable bonds is 6. The number of carbonyl (C=O) groups is 2. The van der Waals surface area contributed by atoms with E-state index in [0.717, 1.165) is 6.42 Å². The minimum atomic E-state index is -1.09. The monoisotopic (exact) mass is 280 g/mol. The Kier molecular flexibility index (Phi) is 5.83. The second-order valence-electron chi connectivity index (χ2n) is 4.52. The molecule has 0 aliphatic rings. The fraction of sp³-hybridized carbons (Fsp3) is 0.429. The highest BCUT2D eigenvalue weighted by atomic mass is 16.5. The van der Waals surface area contributed by atoms with Crippen LogP contribution >= 0.6 is 0 Å². The van der Waals surface area contributed by atoms with Gasteiger partial charge in [-0.15, -0.1) is 0 Å². The zero-order valence-electron chi connectivity index (χ0n) is 11.8. The van der Waals surface area contributed by atoms with Gasteiger partial charge >= 0.3 is 12.0 Å². The van der Waals surface area contributed by atoms with Crippen LogP contribution in [0.5, 0.6) is 5.75 Å². The number of anilines is 1. The van der Waals surface area contributed by atoms with Gasteiger partial charge in [0.05, 0.1) is 6.10 Å². The summed E-state index contributed by atoms with van der Waals surface area (Å²) >= 11 is 0. The first-order valence-corrected chi connectivity index (χ1v) is 6.49. The van der Waals surface area contributed by atoms with E-state index in [9.17, 15) is 9.59 Å². The zero-order chi connectivity index (χ0) is 15.1. The van der Waals surface area contributed by atoms with E-state index in [4.69, 9.17) is 9.84 Å². The Labute approximate surface area is 118 Å². The normalized spacial score (nSPS) is 13.2. The zero-order valence-corrected chi connectivity index (χ0v) is 11.8. The second kappa shape index (κ2) is 7.37. The minimum Gasteiger partial charge on any atom is -0.491 e. The van der Waals surface area contributed by atoms with Gasteiger partial charge in [0, 0.05) is 11.8 Å². The number of carbonyl (C=O) groups excluding carboxylic acids is 1. The van der Waals surface area contributed by atoms with Crippen molar-refractivity contribution in [3.63, 3.8) is 0 Å². The average molecular weight is 280 g/mol. The predicted octanol–water partition coefficient (Wildman–Crippen LogP) is 2.46. The number of aliphatic carboxylic acids is 1. The number of benzene rings is 1. The first-order valence-electron chi connectivity index (χ1n) is 6.49. The molecular weight excluding hydrogens is 260 g/mol. The lowest BCUT2D eigenvalue weighted by Gasteiger charge is -2.14. The standard InChI is InChI=1S/C14H20N2O4/c1-4-9(2)20-12-7-5-6-11(8-12)16-14(19)15-10(3)13(17)18/h5-10H,4H2,1-3H3,(H,17,18)(H2,15,16,19)/t9?,10-/m0/s1. The van der Waals surface area contributed by atoms with Crippen molar-refractivity contribution in [1.29, 1.82) is 0 Å². The molecule has 0 bridgehead atoms. The molecule has 0 saturated carbocycles. The molecular formula is C14H20N2O4. The molecule has 110 valence electrons. The Morgan fingerprint density at radius 1 is 1.35 bits per heavy atom. The summed E-state index contributed by atoms with van der Waals surface area (Å²) < 4.78 is 5.64. The number of hydrogen-bond donors (Lipinski definition) is 3. The van der Waals surface area contributed by atoms with Gasteiger partial charge in [0.2, 0.25) is 0 Å². The fourth-order valence-corrected chi connectivity index (χ4v) is 1.39. The molecule has 6 heteroatoms. The van der Waals surface area contributed by atoms with E-state index in [-0.39, 0.29) is 6.10 Å². The number of urea groups is 1. The van der Waals surface area contributed by atoms with E-state index >= 15 is 0 Å². The van der Waals surface area contributed by atoms with Crippen molar-refractivity contribution in [2.24, 2.45) is 0 Å². The van der Waals surface area contributed by atoms with Crippen LogP contribution in [0.25, 0.3) is 0 Å². The number of nitrogens with one attached hydrogen (secondary N) is 2. The van der Waals surface area contributed by atoms with Gasteiger partial charge in [-0.1, -0.05) is 13.0 Å². The Bertz CT molecular complexity index is 476. The van der Waals surface area contributed by atoms with Crippen molar-refractivity contribution < 1.29 is 19.4 Å². The van der Waals surface area contributed by atoms with Crippen LogP contribution in [0.3, 0.4) is 0 Å². The minimum absolute atomic E-state index is 0.0890. The van der Waals surface area contributed by atoms with Gasteiger partial charge in [-0.05, 0) is 32.4 Å². The maximum atomic E-state index is 11.6. The lowest BCUT2D eigenvalue weighted by molar-refractivity contribution is -0.138. The SMILES string of the molecule is CCC(C)Oc1cccc(NC(=O)N[C@@H](C)C(=O)O)c1. The van der Waals surface area contributed by atoms with Crippen LogP contribution < -0.4 is 15.4 Å². The van der Waals surface area contributed by atoms with Crippen LogP contribution in [0.15, 0.2) is 24.3 Å². The molecule has 2 amide bonds. The number of carboxylic acids is 1.